The molecule has 3 aliphatic rings. The van der Waals surface area contributed by atoms with Crippen molar-refractivity contribution < 1.29 is 71.7 Å². The van der Waals surface area contributed by atoms with E-state index in [1.807, 2.05) is 13.8 Å². The maximum atomic E-state index is 15.6. The van der Waals surface area contributed by atoms with Crippen LogP contribution in [-0.4, -0.2) is 233 Å². The van der Waals surface area contributed by atoms with Gasteiger partial charge in [-0.2, -0.15) is 0 Å². The molecule has 4 rings (SSSR count). The molecule has 3 saturated heterocycles. The number of likely N-dealkylation sites (tertiary alicyclic amines) is 1. The molecule has 510 valence electrons. The van der Waals surface area contributed by atoms with E-state index >= 15 is 14.4 Å². The van der Waals surface area contributed by atoms with Crippen molar-refractivity contribution in [1.82, 2.24) is 50.2 Å². The number of benzene rings is 1. The minimum atomic E-state index is -1.65. The van der Waals surface area contributed by atoms with Crippen LogP contribution in [0.1, 0.15) is 154 Å². The maximum absolute atomic E-state index is 15.6. The van der Waals surface area contributed by atoms with Gasteiger partial charge in [0.15, 0.2) is 6.10 Å². The van der Waals surface area contributed by atoms with Gasteiger partial charge in [-0.15, -0.1) is 0 Å². The fourth-order valence-corrected chi connectivity index (χ4v) is 12.5. The van der Waals surface area contributed by atoms with Crippen molar-refractivity contribution in [3.63, 3.8) is 0 Å². The topological polar surface area (TPSA) is 291 Å². The number of hydrogen-bond acceptors (Lipinski definition) is 15. The number of amides is 10. The number of carbonyl (C=O) groups excluding carboxylic acids is 12. The Morgan fingerprint density at radius 1 is 0.615 bits per heavy atom. The number of piperidine rings is 1. The molecule has 25 nitrogen and oxygen atoms in total. The zero-order valence-corrected chi connectivity index (χ0v) is 57.7. The van der Waals surface area contributed by atoms with Gasteiger partial charge in [-0.1, -0.05) is 94.2 Å². The second-order valence-corrected chi connectivity index (χ2v) is 27.0. The van der Waals surface area contributed by atoms with Crippen molar-refractivity contribution in [1.29, 1.82) is 0 Å². The van der Waals surface area contributed by atoms with E-state index in [0.717, 1.165) is 9.80 Å². The van der Waals surface area contributed by atoms with Gasteiger partial charge in [0.2, 0.25) is 53.2 Å². The van der Waals surface area contributed by atoms with Crippen LogP contribution in [0.4, 0.5) is 0 Å². The molecular formula is C66H106N10O15. The molecule has 3 N–H and O–H groups in total. The molecule has 10 amide bonds. The molecule has 3 heterocycles. The molecule has 25 heteroatoms. The zero-order valence-electron chi connectivity index (χ0n) is 57.7. The number of nitrogens with zero attached hydrogens (tertiary/aromatic N) is 7. The summed E-state index contributed by atoms with van der Waals surface area (Å²) >= 11 is 0. The van der Waals surface area contributed by atoms with Crippen LogP contribution in [0, 0.1) is 29.6 Å². The smallest absolute Gasteiger partial charge is 0.329 e. The number of rotatable bonds is 13. The molecule has 0 spiro atoms. The number of ether oxygens (including phenoxy) is 3. The van der Waals surface area contributed by atoms with Gasteiger partial charge in [-0.3, -0.25) is 47.9 Å². The third-order valence-electron chi connectivity index (χ3n) is 18.1. The highest BCUT2D eigenvalue weighted by Gasteiger charge is 2.47. The van der Waals surface area contributed by atoms with Gasteiger partial charge in [0.05, 0.1) is 20.1 Å². The van der Waals surface area contributed by atoms with E-state index in [0.29, 0.717) is 43.4 Å². The fourth-order valence-electron chi connectivity index (χ4n) is 12.5. The van der Waals surface area contributed by atoms with Crippen LogP contribution >= 0.6 is 0 Å². The largest absolute Gasteiger partial charge is 0.497 e. The highest BCUT2D eigenvalue weighted by atomic mass is 16.6. The van der Waals surface area contributed by atoms with Crippen LogP contribution in [0.2, 0.25) is 0 Å². The first-order valence-corrected chi connectivity index (χ1v) is 32.3. The first kappa shape index (κ1) is 76.1. The highest BCUT2D eigenvalue weighted by molar-refractivity contribution is 6.00. The quantitative estimate of drug-likeness (QED) is 0.238. The van der Waals surface area contributed by atoms with Crippen LogP contribution in [0.5, 0.6) is 5.75 Å². The Hall–Kier alpha value is -7.34. The lowest BCUT2D eigenvalue weighted by Crippen LogP contribution is -2.63. The molecule has 1 aromatic carbocycles. The van der Waals surface area contributed by atoms with Crippen molar-refractivity contribution >= 4 is 71.0 Å². The lowest BCUT2D eigenvalue weighted by Gasteiger charge is -2.41. The van der Waals surface area contributed by atoms with Gasteiger partial charge in [-0.25, -0.2) is 9.59 Å². The van der Waals surface area contributed by atoms with E-state index in [9.17, 15) is 43.2 Å². The maximum Gasteiger partial charge on any atom is 0.329 e. The number of carbonyl (C=O) groups is 12. The van der Waals surface area contributed by atoms with Crippen molar-refractivity contribution in [2.75, 3.05) is 62.0 Å². The molecule has 0 unspecified atom stereocenters. The molecule has 0 saturated carbocycles. The molecule has 0 bridgehead atoms. The molecule has 3 fully saturated rings. The van der Waals surface area contributed by atoms with E-state index in [2.05, 4.69) is 16.0 Å². The van der Waals surface area contributed by atoms with Gasteiger partial charge >= 0.3 is 11.9 Å². The Morgan fingerprint density at radius 3 is 1.71 bits per heavy atom. The third kappa shape index (κ3) is 19.1. The van der Waals surface area contributed by atoms with Crippen LogP contribution in [-0.2, 0) is 73.4 Å². The molecule has 12 atom stereocenters. The Balaban J connectivity index is 1.93. The number of likely N-dealkylation sites (N-methyl/N-ethyl adjacent to an activating group) is 5. The summed E-state index contributed by atoms with van der Waals surface area (Å²) in [6.07, 6.45) is 0.393. The lowest BCUT2D eigenvalue weighted by molar-refractivity contribution is -0.165. The Bertz CT molecular complexity index is 2770. The molecule has 0 aliphatic carbocycles. The number of cyclic esters (lactones) is 1. The minimum Gasteiger partial charge on any atom is -0.497 e. The van der Waals surface area contributed by atoms with E-state index in [-0.39, 0.29) is 32.4 Å². The molecule has 91 heavy (non-hydrogen) atoms. The van der Waals surface area contributed by atoms with Crippen LogP contribution in [0.15, 0.2) is 24.3 Å². The Kier molecular flexibility index (Phi) is 27.9. The zero-order chi connectivity index (χ0) is 68.8. The van der Waals surface area contributed by atoms with Crippen molar-refractivity contribution in [2.45, 2.75) is 221 Å². The molecule has 3 aliphatic heterocycles. The van der Waals surface area contributed by atoms with Gasteiger partial charge in [0.1, 0.15) is 65.7 Å². The predicted octanol–water partition coefficient (Wildman–Crippen LogP) is 3.57. The first-order valence-electron chi connectivity index (χ1n) is 32.3. The van der Waals surface area contributed by atoms with Crippen LogP contribution < -0.4 is 20.7 Å². The summed E-state index contributed by atoms with van der Waals surface area (Å²) in [5, 5.41) is 8.33. The number of esters is 2. The van der Waals surface area contributed by atoms with Crippen molar-refractivity contribution in [3.8, 4) is 5.75 Å². The first-order chi connectivity index (χ1) is 42.5. The van der Waals surface area contributed by atoms with Gasteiger partial charge < -0.3 is 64.5 Å². The monoisotopic (exact) mass is 1280 g/mol. The summed E-state index contributed by atoms with van der Waals surface area (Å²) in [7, 11) is 8.43. The summed E-state index contributed by atoms with van der Waals surface area (Å²) < 4.78 is 16.9. The third-order valence-corrected chi connectivity index (χ3v) is 18.1. The lowest BCUT2D eigenvalue weighted by atomic mass is 9.92. The van der Waals surface area contributed by atoms with Gasteiger partial charge in [-0.05, 0) is 107 Å². The van der Waals surface area contributed by atoms with Crippen LogP contribution in [0.3, 0.4) is 0 Å². The van der Waals surface area contributed by atoms with Crippen molar-refractivity contribution in [2.24, 2.45) is 29.6 Å². The summed E-state index contributed by atoms with van der Waals surface area (Å²) in [4.78, 5) is 185. The van der Waals surface area contributed by atoms with E-state index < -0.39 is 180 Å². The summed E-state index contributed by atoms with van der Waals surface area (Å²) in [5.41, 5.74) is -0.309. The summed E-state index contributed by atoms with van der Waals surface area (Å²) in [6, 6.07) is -4.83. The average molecular weight is 1280 g/mol. The number of fused-ring (bicyclic) bond motifs is 1. The average Bonchev–Trinajstić information content (AvgIpc) is 1.48. The number of nitrogens with one attached hydrogen (secondary N) is 3. The molecular weight excluding hydrogens is 1170 g/mol. The SMILES string of the molecule is CC[C@H](C)[C@H]1C(=O)N(C)[C@@H]([C@@H](C)CC)C(=O)NCC(=O)N(C)[C@@H](C(C)C)C(=O)N[C@@H](Cc2ccc(OC)cc2)C(=O)O[C@H](C)C(=O)N2CCCC[C@H]2C(=O)N(C)[C@@H](C(C)C)C(=O)N[C@@H](C(C)C)C(=O)N(C)[C@H](CC(=O)N2CCC[C@H]2C(=O)OC(C)(C)C)C(=O)N1C. The number of hydrogen-bond donors (Lipinski definition) is 3. The molecule has 0 aromatic heterocycles. The molecule has 1 aromatic rings. The Morgan fingerprint density at radius 2 is 1.16 bits per heavy atom. The van der Waals surface area contributed by atoms with Gasteiger partial charge in [0.25, 0.3) is 5.91 Å². The summed E-state index contributed by atoms with van der Waals surface area (Å²) in [6.45, 7) is 23.4. The Labute approximate surface area is 539 Å². The second kappa shape index (κ2) is 33.3. The van der Waals surface area contributed by atoms with Crippen LogP contribution in [0.25, 0.3) is 0 Å². The van der Waals surface area contributed by atoms with E-state index in [4.69, 9.17) is 14.2 Å². The highest BCUT2D eigenvalue weighted by Crippen LogP contribution is 2.29. The standard InChI is InChI=1S/C66H106N10O15/c1-21-40(9)54-56(79)67-36-50(78)71(16)52(38(5)6)57(80)68-45(34-43-28-30-44(89-20)31-29-43)64(87)90-42(11)59(82)76-32-24-23-26-46(76)60(83)72(17)53(39(7)8)58(81)69-51(37(3)4)62(85)70(15)48(61(84)74(19)55(41(10)22-2)63(86)73(54)18)35-49(77)75-33-25-27-47(75)65(88)91-66(12,13)14/h28-31,37-42,45-48,51-55H,21-27,32-36H2,1-20H3,(H,67,79)(H,68,80)(H,69,81)/t40-,41-,42+,45-,46-,47-,48+,51-,52-,53-,54-,55-/m0/s1. The molecule has 0 radical (unpaired) electrons. The fraction of sp³-hybridized carbons (Fsp3) is 0.727. The predicted molar refractivity (Wildman–Crippen MR) is 340 cm³/mol. The normalized spacial score (nSPS) is 26.8. The minimum absolute atomic E-state index is 0.0981. The van der Waals surface area contributed by atoms with Gasteiger partial charge in [0, 0.05) is 54.7 Å². The van der Waals surface area contributed by atoms with E-state index in [1.54, 1.807) is 100 Å². The number of methoxy groups -OCH3 is 1. The van der Waals surface area contributed by atoms with E-state index in [1.165, 1.54) is 73.8 Å². The second-order valence-electron chi connectivity index (χ2n) is 27.0. The summed E-state index contributed by atoms with van der Waals surface area (Å²) in [5.74, 6) is -11.2. The van der Waals surface area contributed by atoms with Crippen molar-refractivity contribution in [3.05, 3.63) is 29.8 Å².